The maximum atomic E-state index is 5.83. The highest BCUT2D eigenvalue weighted by atomic mass is 32.1. The van der Waals surface area contributed by atoms with Crippen LogP contribution in [-0.4, -0.2) is 17.4 Å². The van der Waals surface area contributed by atoms with Gasteiger partial charge in [0.1, 0.15) is 0 Å². The van der Waals surface area contributed by atoms with E-state index in [9.17, 15) is 0 Å². The van der Waals surface area contributed by atoms with Crippen molar-refractivity contribution in [3.05, 3.63) is 34.5 Å². The van der Waals surface area contributed by atoms with E-state index in [4.69, 9.17) is 10.4 Å². The van der Waals surface area contributed by atoms with Crippen LogP contribution in [0.1, 0.15) is 5.56 Å². The summed E-state index contributed by atoms with van der Waals surface area (Å²) >= 11 is 1.69. The third-order valence-electron chi connectivity index (χ3n) is 2.84. The molecule has 0 aliphatic carbocycles. The molecule has 0 atom stereocenters. The van der Waals surface area contributed by atoms with Crippen LogP contribution in [0.5, 0.6) is 0 Å². The van der Waals surface area contributed by atoms with Crippen molar-refractivity contribution in [2.45, 2.75) is 6.54 Å². The van der Waals surface area contributed by atoms with Gasteiger partial charge in [-0.15, -0.1) is 0 Å². The molecule has 0 fully saturated rings. The second-order valence-corrected chi connectivity index (χ2v) is 4.90. The number of anilines is 2. The Hall–Kier alpha value is -2.08. The van der Waals surface area contributed by atoms with Crippen molar-refractivity contribution in [3.63, 3.8) is 0 Å². The molecule has 2 heterocycles. The van der Waals surface area contributed by atoms with Crippen LogP contribution >= 0.6 is 11.3 Å². The smallest absolute Gasteiger partial charge is 0.160 e. The molecule has 3 aromatic rings. The summed E-state index contributed by atoms with van der Waals surface area (Å²) < 4.78 is 4.77. The average molecular weight is 260 g/mol. The Kier molecular flexibility index (Phi) is 2.64. The molecule has 3 rings (SSSR count). The van der Waals surface area contributed by atoms with Crippen LogP contribution < -0.4 is 10.6 Å². The normalized spacial score (nSPS) is 10.9. The minimum atomic E-state index is 0.582. The van der Waals surface area contributed by atoms with Crippen LogP contribution in [0.3, 0.4) is 0 Å². The fraction of sp³-hybridized carbons (Fsp3) is 0.167. The molecule has 5 nitrogen and oxygen atoms in total. The first-order valence-electron chi connectivity index (χ1n) is 5.48. The van der Waals surface area contributed by atoms with Crippen molar-refractivity contribution in [3.8, 4) is 0 Å². The van der Waals surface area contributed by atoms with Gasteiger partial charge >= 0.3 is 0 Å². The fourth-order valence-corrected chi connectivity index (χ4v) is 2.58. The minimum Gasteiger partial charge on any atom is -0.397 e. The molecule has 2 N–H and O–H groups in total. The number of nitrogens with zero attached hydrogens (tertiary/aromatic N) is 3. The molecule has 0 spiro atoms. The summed E-state index contributed by atoms with van der Waals surface area (Å²) in [6, 6.07) is 5.87. The molecule has 92 valence electrons. The first-order valence-corrected chi connectivity index (χ1v) is 6.43. The summed E-state index contributed by atoms with van der Waals surface area (Å²) in [7, 11) is 2.01. The van der Waals surface area contributed by atoms with Gasteiger partial charge in [-0.05, 0) is 44.8 Å². The molecule has 0 radical (unpaired) electrons. The Labute approximate surface area is 108 Å². The van der Waals surface area contributed by atoms with Gasteiger partial charge in [0.2, 0.25) is 0 Å². The number of thiophene rings is 1. The quantitative estimate of drug-likeness (QED) is 0.733. The predicted molar refractivity (Wildman–Crippen MR) is 72.6 cm³/mol. The van der Waals surface area contributed by atoms with Gasteiger partial charge in [-0.25, -0.2) is 4.63 Å². The molecule has 0 bridgehead atoms. The van der Waals surface area contributed by atoms with E-state index in [1.807, 2.05) is 19.2 Å². The Morgan fingerprint density at radius 2 is 2.11 bits per heavy atom. The zero-order chi connectivity index (χ0) is 12.5. The van der Waals surface area contributed by atoms with E-state index in [2.05, 4.69) is 32.0 Å². The molecule has 0 aliphatic heterocycles. The number of hydrogen-bond donors (Lipinski definition) is 1. The second-order valence-electron chi connectivity index (χ2n) is 4.12. The molecule has 0 aliphatic rings. The lowest BCUT2D eigenvalue weighted by atomic mass is 10.2. The highest BCUT2D eigenvalue weighted by molar-refractivity contribution is 7.07. The molecule has 18 heavy (non-hydrogen) atoms. The second kappa shape index (κ2) is 4.30. The third kappa shape index (κ3) is 1.80. The Bertz CT molecular complexity index is 662. The van der Waals surface area contributed by atoms with Gasteiger partial charge < -0.3 is 10.6 Å². The maximum Gasteiger partial charge on any atom is 0.160 e. The van der Waals surface area contributed by atoms with E-state index >= 15 is 0 Å². The lowest BCUT2D eigenvalue weighted by Gasteiger charge is -2.18. The fourth-order valence-electron chi connectivity index (χ4n) is 1.92. The third-order valence-corrected chi connectivity index (χ3v) is 3.57. The van der Waals surface area contributed by atoms with Gasteiger partial charge in [0.05, 0.1) is 11.4 Å². The van der Waals surface area contributed by atoms with Crippen molar-refractivity contribution in [2.24, 2.45) is 0 Å². The topological polar surface area (TPSA) is 68.2 Å². The van der Waals surface area contributed by atoms with E-state index in [1.54, 1.807) is 11.3 Å². The number of hydrogen-bond acceptors (Lipinski definition) is 6. The van der Waals surface area contributed by atoms with Crippen molar-refractivity contribution in [1.29, 1.82) is 0 Å². The monoisotopic (exact) mass is 260 g/mol. The molecule has 0 unspecified atom stereocenters. The van der Waals surface area contributed by atoms with E-state index in [-0.39, 0.29) is 0 Å². The average Bonchev–Trinajstić information content (AvgIpc) is 2.99. The summed E-state index contributed by atoms with van der Waals surface area (Å²) in [5.74, 6) is 0. The summed E-state index contributed by atoms with van der Waals surface area (Å²) in [4.78, 5) is 2.11. The number of benzene rings is 1. The molecular weight excluding hydrogens is 248 g/mol. The Morgan fingerprint density at radius 1 is 1.28 bits per heavy atom. The first-order chi connectivity index (χ1) is 8.75. The van der Waals surface area contributed by atoms with E-state index in [1.165, 1.54) is 5.56 Å². The lowest BCUT2D eigenvalue weighted by molar-refractivity contribution is 0.315. The number of aromatic nitrogens is 2. The summed E-state index contributed by atoms with van der Waals surface area (Å²) in [5.41, 5.74) is 9.96. The van der Waals surface area contributed by atoms with Crippen molar-refractivity contribution in [2.75, 3.05) is 17.7 Å². The van der Waals surface area contributed by atoms with Crippen LogP contribution in [0.15, 0.2) is 33.6 Å². The van der Waals surface area contributed by atoms with Crippen molar-refractivity contribution in [1.82, 2.24) is 10.3 Å². The van der Waals surface area contributed by atoms with Crippen LogP contribution in [0, 0.1) is 0 Å². The Balaban J connectivity index is 1.98. The number of nitrogens with two attached hydrogens (primary N) is 1. The number of fused-ring (bicyclic) bond motifs is 1. The summed E-state index contributed by atoms with van der Waals surface area (Å²) in [6.07, 6.45) is 0. The molecule has 1 aromatic carbocycles. The van der Waals surface area contributed by atoms with Crippen LogP contribution in [-0.2, 0) is 6.54 Å². The summed E-state index contributed by atoms with van der Waals surface area (Å²) in [6.45, 7) is 0.815. The van der Waals surface area contributed by atoms with E-state index < -0.39 is 0 Å². The van der Waals surface area contributed by atoms with E-state index in [0.717, 1.165) is 12.2 Å². The van der Waals surface area contributed by atoms with Gasteiger partial charge in [0, 0.05) is 13.6 Å². The zero-order valence-corrected chi connectivity index (χ0v) is 10.6. The van der Waals surface area contributed by atoms with Crippen molar-refractivity contribution < 1.29 is 4.63 Å². The maximum absolute atomic E-state index is 5.83. The largest absolute Gasteiger partial charge is 0.397 e. The minimum absolute atomic E-state index is 0.582. The SMILES string of the molecule is CN(Cc1ccsc1)c1ccc(N)c2nonc12. The highest BCUT2D eigenvalue weighted by Gasteiger charge is 2.13. The van der Waals surface area contributed by atoms with Gasteiger partial charge in [-0.2, -0.15) is 11.3 Å². The van der Waals surface area contributed by atoms with E-state index in [0.29, 0.717) is 16.7 Å². The predicted octanol–water partition coefficient (Wildman–Crippen LogP) is 2.50. The highest BCUT2D eigenvalue weighted by Crippen LogP contribution is 2.28. The van der Waals surface area contributed by atoms with Gasteiger partial charge in [-0.3, -0.25) is 0 Å². The molecule has 0 amide bonds. The van der Waals surface area contributed by atoms with Gasteiger partial charge in [-0.1, -0.05) is 0 Å². The number of nitrogen functional groups attached to an aromatic ring is 1. The molecule has 6 heteroatoms. The molecule has 2 aromatic heterocycles. The van der Waals surface area contributed by atoms with Crippen LogP contribution in [0.4, 0.5) is 11.4 Å². The lowest BCUT2D eigenvalue weighted by Crippen LogP contribution is -2.16. The van der Waals surface area contributed by atoms with Crippen LogP contribution in [0.25, 0.3) is 11.0 Å². The standard InChI is InChI=1S/C12H12N4OS/c1-16(6-8-4-5-18-7-8)10-3-2-9(13)11-12(10)15-17-14-11/h2-5,7H,6,13H2,1H3. The summed E-state index contributed by atoms with van der Waals surface area (Å²) in [5, 5.41) is 11.9. The molecular formula is C12H12N4OS. The number of rotatable bonds is 3. The molecule has 0 saturated heterocycles. The van der Waals surface area contributed by atoms with Crippen LogP contribution in [0.2, 0.25) is 0 Å². The van der Waals surface area contributed by atoms with Gasteiger partial charge in [0.25, 0.3) is 0 Å². The first kappa shape index (κ1) is 11.0. The van der Waals surface area contributed by atoms with Crippen molar-refractivity contribution >= 4 is 33.7 Å². The Morgan fingerprint density at radius 3 is 2.89 bits per heavy atom. The molecule has 0 saturated carbocycles. The zero-order valence-electron chi connectivity index (χ0n) is 9.83. The van der Waals surface area contributed by atoms with Gasteiger partial charge in [0.15, 0.2) is 11.0 Å².